The maximum absolute atomic E-state index is 11.0. The van der Waals surface area contributed by atoms with Crippen LogP contribution in [0.2, 0.25) is 5.02 Å². The molecule has 6 nitrogen and oxygen atoms in total. The number of anilines is 1. The largest absolute Gasteiger partial charge is 0.479 e. The van der Waals surface area contributed by atoms with E-state index in [0.29, 0.717) is 22.0 Å². The molecule has 2 N–H and O–H groups in total. The minimum atomic E-state index is -0.316. The second kappa shape index (κ2) is 7.19. The normalized spacial score (nSPS) is 11.0. The van der Waals surface area contributed by atoms with Crippen LogP contribution < -0.4 is 5.32 Å². The van der Waals surface area contributed by atoms with Crippen LogP contribution in [0.15, 0.2) is 57.9 Å². The number of nitrogens with one attached hydrogen (secondary N) is 1. The van der Waals surface area contributed by atoms with Crippen molar-refractivity contribution in [3.05, 3.63) is 59.2 Å². The molecule has 0 atom stereocenters. The van der Waals surface area contributed by atoms with Gasteiger partial charge in [-0.05, 0) is 48.5 Å². The van der Waals surface area contributed by atoms with Crippen molar-refractivity contribution in [2.75, 3.05) is 5.32 Å². The number of amides is 1. The standard InChI is InChI=1S/C18H14ClN3O3/c1-11(23)21-15-8-6-14(7-9-15)20-10-16-18(24)25-17(22-16)12-2-4-13(19)5-3-12/h2-10,24H,1H3,(H,21,23). The molecular formula is C18H14ClN3O3. The summed E-state index contributed by atoms with van der Waals surface area (Å²) in [5.74, 6) is -0.182. The fraction of sp³-hybridized carbons (Fsp3) is 0.0556. The SMILES string of the molecule is CC(=O)Nc1ccc(N=Cc2nc(-c3ccc(Cl)cc3)oc2O)cc1. The highest BCUT2D eigenvalue weighted by atomic mass is 35.5. The molecule has 0 spiro atoms. The first-order chi connectivity index (χ1) is 12.0. The predicted octanol–water partition coefficient (Wildman–Crippen LogP) is 4.41. The Morgan fingerprint density at radius 1 is 1.20 bits per heavy atom. The molecule has 0 aliphatic heterocycles. The molecule has 0 fully saturated rings. The monoisotopic (exact) mass is 355 g/mol. The molecule has 7 heteroatoms. The smallest absolute Gasteiger partial charge is 0.312 e. The van der Waals surface area contributed by atoms with E-state index >= 15 is 0 Å². The van der Waals surface area contributed by atoms with Gasteiger partial charge in [-0.3, -0.25) is 9.79 Å². The Morgan fingerprint density at radius 2 is 1.88 bits per heavy atom. The summed E-state index contributed by atoms with van der Waals surface area (Å²) in [5, 5.41) is 13.1. The van der Waals surface area contributed by atoms with E-state index in [2.05, 4.69) is 15.3 Å². The molecule has 3 aromatic rings. The molecule has 2 aromatic carbocycles. The van der Waals surface area contributed by atoms with Crippen molar-refractivity contribution in [1.29, 1.82) is 0 Å². The topological polar surface area (TPSA) is 87.7 Å². The van der Waals surface area contributed by atoms with Gasteiger partial charge in [0, 0.05) is 23.2 Å². The van der Waals surface area contributed by atoms with Crippen LogP contribution in [-0.4, -0.2) is 22.2 Å². The van der Waals surface area contributed by atoms with Crippen LogP contribution in [0.4, 0.5) is 11.4 Å². The predicted molar refractivity (Wildman–Crippen MR) is 96.6 cm³/mol. The molecule has 3 rings (SSSR count). The summed E-state index contributed by atoms with van der Waals surface area (Å²) >= 11 is 5.85. The summed E-state index contributed by atoms with van der Waals surface area (Å²) in [6.45, 7) is 1.44. The van der Waals surface area contributed by atoms with Crippen molar-refractivity contribution in [1.82, 2.24) is 4.98 Å². The Hall–Kier alpha value is -3.12. The first-order valence-corrected chi connectivity index (χ1v) is 7.76. The van der Waals surface area contributed by atoms with Crippen LogP contribution in [0.25, 0.3) is 11.5 Å². The van der Waals surface area contributed by atoms with E-state index in [1.807, 2.05) is 0 Å². The van der Waals surface area contributed by atoms with Crippen molar-refractivity contribution in [3.63, 3.8) is 0 Å². The van der Waals surface area contributed by atoms with Crippen LogP contribution in [0.3, 0.4) is 0 Å². The van der Waals surface area contributed by atoms with Crippen molar-refractivity contribution in [3.8, 4) is 17.4 Å². The van der Waals surface area contributed by atoms with E-state index in [4.69, 9.17) is 16.0 Å². The molecule has 0 unspecified atom stereocenters. The van der Waals surface area contributed by atoms with E-state index in [0.717, 1.165) is 0 Å². The average molecular weight is 356 g/mol. The number of carbonyl (C=O) groups is 1. The zero-order chi connectivity index (χ0) is 17.8. The minimum Gasteiger partial charge on any atom is -0.479 e. The van der Waals surface area contributed by atoms with Crippen LogP contribution in [0.1, 0.15) is 12.6 Å². The summed E-state index contributed by atoms with van der Waals surface area (Å²) in [4.78, 5) is 19.4. The molecule has 0 aliphatic carbocycles. The first kappa shape index (κ1) is 16.7. The van der Waals surface area contributed by atoms with Gasteiger partial charge in [0.15, 0.2) is 5.69 Å². The zero-order valence-corrected chi connectivity index (χ0v) is 14.0. The molecule has 0 aliphatic rings. The van der Waals surface area contributed by atoms with Gasteiger partial charge in [0.25, 0.3) is 0 Å². The van der Waals surface area contributed by atoms with Gasteiger partial charge in [-0.25, -0.2) is 4.98 Å². The number of benzene rings is 2. The molecule has 1 aromatic heterocycles. The number of hydrogen-bond donors (Lipinski definition) is 2. The second-order valence-electron chi connectivity index (χ2n) is 5.20. The lowest BCUT2D eigenvalue weighted by Gasteiger charge is -2.01. The highest BCUT2D eigenvalue weighted by molar-refractivity contribution is 6.30. The van der Waals surface area contributed by atoms with Gasteiger partial charge in [0.05, 0.1) is 11.9 Å². The third-order valence-corrected chi connectivity index (χ3v) is 3.50. The van der Waals surface area contributed by atoms with Gasteiger partial charge in [-0.15, -0.1) is 0 Å². The Balaban J connectivity index is 1.77. The van der Waals surface area contributed by atoms with Gasteiger partial charge in [0.2, 0.25) is 11.8 Å². The van der Waals surface area contributed by atoms with E-state index in [1.54, 1.807) is 48.5 Å². The number of rotatable bonds is 4. The van der Waals surface area contributed by atoms with E-state index in [9.17, 15) is 9.90 Å². The maximum Gasteiger partial charge on any atom is 0.312 e. The Morgan fingerprint density at radius 3 is 2.52 bits per heavy atom. The Bertz CT molecular complexity index is 916. The molecule has 126 valence electrons. The average Bonchev–Trinajstić information content (AvgIpc) is 2.95. The molecule has 25 heavy (non-hydrogen) atoms. The van der Waals surface area contributed by atoms with Crippen LogP contribution in [-0.2, 0) is 4.79 Å². The quantitative estimate of drug-likeness (QED) is 0.678. The summed E-state index contributed by atoms with van der Waals surface area (Å²) < 4.78 is 5.25. The summed E-state index contributed by atoms with van der Waals surface area (Å²) in [6, 6.07) is 13.8. The van der Waals surface area contributed by atoms with Crippen LogP contribution in [0.5, 0.6) is 5.95 Å². The Kier molecular flexibility index (Phi) is 4.81. The van der Waals surface area contributed by atoms with Gasteiger partial charge >= 0.3 is 5.95 Å². The molecule has 0 saturated heterocycles. The molecule has 0 saturated carbocycles. The van der Waals surface area contributed by atoms with Crippen LogP contribution >= 0.6 is 11.6 Å². The summed E-state index contributed by atoms with van der Waals surface area (Å²) in [7, 11) is 0. The highest BCUT2D eigenvalue weighted by Gasteiger charge is 2.12. The molecular weight excluding hydrogens is 342 g/mol. The number of aliphatic imine (C=N–C) groups is 1. The van der Waals surface area contributed by atoms with E-state index in [1.165, 1.54) is 13.1 Å². The van der Waals surface area contributed by atoms with Crippen molar-refractivity contribution < 1.29 is 14.3 Å². The first-order valence-electron chi connectivity index (χ1n) is 7.39. The second-order valence-corrected chi connectivity index (χ2v) is 5.64. The maximum atomic E-state index is 11.0. The van der Waals surface area contributed by atoms with Crippen molar-refractivity contribution in [2.45, 2.75) is 6.92 Å². The summed E-state index contributed by atoms with van der Waals surface area (Å²) in [5.41, 5.74) is 2.24. The fourth-order valence-electron chi connectivity index (χ4n) is 2.09. The van der Waals surface area contributed by atoms with Gasteiger partial charge in [-0.1, -0.05) is 11.6 Å². The minimum absolute atomic E-state index is 0.140. The zero-order valence-electron chi connectivity index (χ0n) is 13.2. The number of carbonyl (C=O) groups excluding carboxylic acids is 1. The number of nitrogens with zero attached hydrogens (tertiary/aromatic N) is 2. The summed E-state index contributed by atoms with van der Waals surface area (Å²) in [6.07, 6.45) is 1.41. The van der Waals surface area contributed by atoms with Crippen molar-refractivity contribution >= 4 is 35.1 Å². The van der Waals surface area contributed by atoms with E-state index < -0.39 is 0 Å². The number of halogens is 1. The number of aromatic hydroxyl groups is 1. The van der Waals surface area contributed by atoms with E-state index in [-0.39, 0.29) is 23.4 Å². The molecule has 0 radical (unpaired) electrons. The van der Waals surface area contributed by atoms with Gasteiger partial charge < -0.3 is 14.8 Å². The lowest BCUT2D eigenvalue weighted by atomic mass is 10.2. The lowest BCUT2D eigenvalue weighted by molar-refractivity contribution is -0.114. The van der Waals surface area contributed by atoms with Crippen LogP contribution in [0, 0.1) is 0 Å². The fourth-order valence-corrected chi connectivity index (χ4v) is 2.22. The highest BCUT2D eigenvalue weighted by Crippen LogP contribution is 2.27. The third kappa shape index (κ3) is 4.24. The third-order valence-electron chi connectivity index (χ3n) is 3.25. The molecule has 1 amide bonds. The lowest BCUT2D eigenvalue weighted by Crippen LogP contribution is -2.04. The Labute approximate surface area is 148 Å². The van der Waals surface area contributed by atoms with Crippen molar-refractivity contribution in [2.24, 2.45) is 4.99 Å². The number of oxazole rings is 1. The van der Waals surface area contributed by atoms with Gasteiger partial charge in [0.1, 0.15) is 0 Å². The number of aromatic nitrogens is 1. The molecule has 1 heterocycles. The molecule has 0 bridgehead atoms. The van der Waals surface area contributed by atoms with Gasteiger partial charge in [-0.2, -0.15) is 0 Å². The number of hydrogen-bond acceptors (Lipinski definition) is 5.